The number of rotatable bonds is 69. The third-order valence-corrected chi connectivity index (χ3v) is 18.5. The minimum atomic E-state index is -4.95. The summed E-state index contributed by atoms with van der Waals surface area (Å²) in [6.07, 6.45) is 44.4. The number of aliphatic hydroxyl groups excluding tert-OH is 1. The van der Waals surface area contributed by atoms with Gasteiger partial charge in [0.15, 0.2) is 12.2 Å². The smallest absolute Gasteiger partial charge is 0.462 e. The van der Waals surface area contributed by atoms with Gasteiger partial charge < -0.3 is 33.8 Å². The molecule has 0 aliphatic carbocycles. The summed E-state index contributed by atoms with van der Waals surface area (Å²) in [5.74, 6) is 0.870. The van der Waals surface area contributed by atoms with E-state index < -0.39 is 97.5 Å². The molecule has 0 fully saturated rings. The zero-order valence-corrected chi connectivity index (χ0v) is 61.3. The molecule has 540 valence electrons. The van der Waals surface area contributed by atoms with Crippen molar-refractivity contribution in [3.8, 4) is 0 Å². The van der Waals surface area contributed by atoms with E-state index in [9.17, 15) is 43.2 Å². The third kappa shape index (κ3) is 66.5. The fourth-order valence-corrected chi connectivity index (χ4v) is 12.4. The summed E-state index contributed by atoms with van der Waals surface area (Å²) >= 11 is 0. The van der Waals surface area contributed by atoms with E-state index >= 15 is 0 Å². The first-order chi connectivity index (χ1) is 43.6. The van der Waals surface area contributed by atoms with E-state index in [4.69, 9.17) is 37.0 Å². The van der Waals surface area contributed by atoms with Crippen LogP contribution in [0.5, 0.6) is 0 Å². The molecule has 0 saturated heterocycles. The molecular weight excluding hydrogens is 1200 g/mol. The number of phosphoric ester groups is 2. The van der Waals surface area contributed by atoms with Gasteiger partial charge in [0.2, 0.25) is 0 Å². The highest BCUT2D eigenvalue weighted by Crippen LogP contribution is 2.45. The quantitative estimate of drug-likeness (QED) is 0.0222. The molecule has 0 rings (SSSR count). The highest BCUT2D eigenvalue weighted by Gasteiger charge is 2.30. The van der Waals surface area contributed by atoms with Gasteiger partial charge in [0.1, 0.15) is 19.3 Å². The molecule has 5 atom stereocenters. The summed E-state index contributed by atoms with van der Waals surface area (Å²) in [5.41, 5.74) is 0. The predicted octanol–water partition coefficient (Wildman–Crippen LogP) is 20.5. The molecule has 0 amide bonds. The summed E-state index contributed by atoms with van der Waals surface area (Å²) in [6, 6.07) is 0. The van der Waals surface area contributed by atoms with E-state index in [1.165, 1.54) is 161 Å². The highest BCUT2D eigenvalue weighted by molar-refractivity contribution is 7.47. The number of ether oxygens (including phenoxy) is 4. The second-order valence-corrected chi connectivity index (χ2v) is 30.8. The van der Waals surface area contributed by atoms with Gasteiger partial charge in [-0.3, -0.25) is 37.3 Å². The molecule has 0 radical (unpaired) electrons. The van der Waals surface area contributed by atoms with Crippen molar-refractivity contribution in [1.82, 2.24) is 0 Å². The number of unbranched alkanes of at least 4 members (excludes halogenated alkanes) is 35. The normalized spacial score (nSPS) is 14.2. The molecule has 0 saturated carbocycles. The lowest BCUT2D eigenvalue weighted by Gasteiger charge is -2.21. The van der Waals surface area contributed by atoms with Crippen LogP contribution < -0.4 is 0 Å². The molecule has 0 bridgehead atoms. The maximum absolute atomic E-state index is 13.0. The molecule has 91 heavy (non-hydrogen) atoms. The Bertz CT molecular complexity index is 1800. The Labute approximate surface area is 556 Å². The first-order valence-electron chi connectivity index (χ1n) is 37.2. The van der Waals surface area contributed by atoms with Crippen molar-refractivity contribution >= 4 is 39.5 Å². The Kier molecular flexibility index (Phi) is 60.3. The van der Waals surface area contributed by atoms with Gasteiger partial charge in [-0.2, -0.15) is 0 Å². The Morgan fingerprint density at radius 2 is 0.462 bits per heavy atom. The molecule has 0 aromatic carbocycles. The predicted molar refractivity (Wildman–Crippen MR) is 367 cm³/mol. The zero-order chi connectivity index (χ0) is 67.5. The summed E-state index contributed by atoms with van der Waals surface area (Å²) in [6.45, 7) is 14.1. The average molecular weight is 1340 g/mol. The first kappa shape index (κ1) is 89.1. The van der Waals surface area contributed by atoms with Gasteiger partial charge in [-0.15, -0.1) is 0 Å². The van der Waals surface area contributed by atoms with Crippen molar-refractivity contribution in [2.75, 3.05) is 39.6 Å². The van der Waals surface area contributed by atoms with Crippen LogP contribution in [-0.2, 0) is 65.4 Å². The van der Waals surface area contributed by atoms with Gasteiger partial charge >= 0.3 is 39.5 Å². The van der Waals surface area contributed by atoms with Crippen LogP contribution in [0.1, 0.15) is 357 Å². The van der Waals surface area contributed by atoms with Gasteiger partial charge in [0.05, 0.1) is 26.4 Å². The summed E-state index contributed by atoms with van der Waals surface area (Å²) in [4.78, 5) is 72.6. The molecule has 19 heteroatoms. The number of carbonyl (C=O) groups is 4. The standard InChI is InChI=1S/C72H140O17P2/c1-62(2)48-40-32-24-16-11-9-10-12-19-28-36-44-52-69(74)82-58-67(88-71(76)54-46-38-30-20-14-13-17-25-33-41-49-63(3)4)60-86-90(78,79)84-56-66(73)57-85-91(80,81)87-61-68(59-83-70(75)53-45-37-29-23-22-27-35-43-51-65(7)8)89-72(77)55-47-39-31-21-15-18-26-34-42-50-64(5)6/h62-68,73H,9-61H2,1-8H3,(H,78,79)(H,80,81)/t66?,67-,68-/m1/s1. The van der Waals surface area contributed by atoms with Crippen LogP contribution in [0.15, 0.2) is 0 Å². The van der Waals surface area contributed by atoms with Crippen molar-refractivity contribution in [2.45, 2.75) is 375 Å². The van der Waals surface area contributed by atoms with Crippen LogP contribution in [0, 0.1) is 23.7 Å². The Morgan fingerprint density at radius 3 is 0.681 bits per heavy atom. The molecule has 3 N–H and O–H groups in total. The molecule has 17 nitrogen and oxygen atoms in total. The van der Waals surface area contributed by atoms with Crippen LogP contribution >= 0.6 is 15.6 Å². The topological polar surface area (TPSA) is 237 Å². The summed E-state index contributed by atoms with van der Waals surface area (Å²) in [7, 11) is -9.91. The minimum Gasteiger partial charge on any atom is -0.462 e. The molecule has 0 spiro atoms. The van der Waals surface area contributed by atoms with Gasteiger partial charge in [-0.1, -0.05) is 306 Å². The van der Waals surface area contributed by atoms with E-state index in [0.29, 0.717) is 25.7 Å². The first-order valence-corrected chi connectivity index (χ1v) is 40.2. The van der Waals surface area contributed by atoms with Crippen LogP contribution in [0.3, 0.4) is 0 Å². The maximum atomic E-state index is 13.0. The highest BCUT2D eigenvalue weighted by atomic mass is 31.2. The van der Waals surface area contributed by atoms with Crippen molar-refractivity contribution in [1.29, 1.82) is 0 Å². The fourth-order valence-electron chi connectivity index (χ4n) is 10.8. The van der Waals surface area contributed by atoms with Gasteiger partial charge in [-0.05, 0) is 49.4 Å². The number of carbonyl (C=O) groups excluding carboxylic acids is 4. The van der Waals surface area contributed by atoms with Gasteiger partial charge in [0.25, 0.3) is 0 Å². The Hall–Kier alpha value is -1.94. The van der Waals surface area contributed by atoms with Crippen molar-refractivity contribution in [3.63, 3.8) is 0 Å². The lowest BCUT2D eigenvalue weighted by atomic mass is 10.0. The molecule has 0 aliphatic heterocycles. The second kappa shape index (κ2) is 61.6. The number of hydrogen-bond acceptors (Lipinski definition) is 15. The van der Waals surface area contributed by atoms with Gasteiger partial charge in [-0.25, -0.2) is 9.13 Å². The number of phosphoric acid groups is 2. The third-order valence-electron chi connectivity index (χ3n) is 16.6. The monoisotopic (exact) mass is 1340 g/mol. The lowest BCUT2D eigenvalue weighted by molar-refractivity contribution is -0.161. The van der Waals surface area contributed by atoms with Crippen LogP contribution in [0.25, 0.3) is 0 Å². The van der Waals surface area contributed by atoms with Crippen molar-refractivity contribution < 1.29 is 80.2 Å². The molecule has 0 heterocycles. The van der Waals surface area contributed by atoms with Crippen LogP contribution in [0.4, 0.5) is 0 Å². The molecule has 3 unspecified atom stereocenters. The van der Waals surface area contributed by atoms with Crippen LogP contribution in [0.2, 0.25) is 0 Å². The van der Waals surface area contributed by atoms with Crippen molar-refractivity contribution in [2.24, 2.45) is 23.7 Å². The van der Waals surface area contributed by atoms with E-state index in [1.807, 2.05) is 0 Å². The molecule has 0 aliphatic rings. The SMILES string of the molecule is CC(C)CCCCCCCCCCCCCCC(=O)OC[C@H](COP(=O)(O)OCC(O)COP(=O)(O)OC[C@@H](COC(=O)CCCCCCCCCCC(C)C)OC(=O)CCCCCCCCCCCC(C)C)OC(=O)CCCCCCCCCCCCC(C)C. The summed E-state index contributed by atoms with van der Waals surface area (Å²) in [5, 5.41) is 10.6. The van der Waals surface area contributed by atoms with E-state index in [-0.39, 0.29) is 25.7 Å². The maximum Gasteiger partial charge on any atom is 0.472 e. The van der Waals surface area contributed by atoms with E-state index in [0.717, 1.165) is 114 Å². The fraction of sp³-hybridized carbons (Fsp3) is 0.944. The Morgan fingerprint density at radius 1 is 0.275 bits per heavy atom. The van der Waals surface area contributed by atoms with Crippen LogP contribution in [-0.4, -0.2) is 96.7 Å². The number of hydrogen-bond donors (Lipinski definition) is 3. The lowest BCUT2D eigenvalue weighted by Crippen LogP contribution is -2.30. The minimum absolute atomic E-state index is 0.104. The average Bonchev–Trinajstić information content (AvgIpc) is 3.36. The number of aliphatic hydroxyl groups is 1. The molecular formula is C72H140O17P2. The van der Waals surface area contributed by atoms with E-state index in [1.54, 1.807) is 0 Å². The number of esters is 4. The summed E-state index contributed by atoms with van der Waals surface area (Å²) < 4.78 is 68.4. The van der Waals surface area contributed by atoms with Gasteiger partial charge in [0, 0.05) is 25.7 Å². The molecule has 0 aromatic heterocycles. The second-order valence-electron chi connectivity index (χ2n) is 27.9. The molecule has 0 aromatic rings. The Balaban J connectivity index is 5.26. The van der Waals surface area contributed by atoms with E-state index in [2.05, 4.69) is 55.4 Å². The zero-order valence-electron chi connectivity index (χ0n) is 59.5. The van der Waals surface area contributed by atoms with Crippen molar-refractivity contribution in [3.05, 3.63) is 0 Å². The largest absolute Gasteiger partial charge is 0.472 e.